The normalized spacial score (nSPS) is 21.7. The van der Waals surface area contributed by atoms with E-state index < -0.39 is 0 Å². The molecule has 1 amide bonds. The van der Waals surface area contributed by atoms with Crippen molar-refractivity contribution in [3.8, 4) is 5.69 Å². The van der Waals surface area contributed by atoms with E-state index in [4.69, 9.17) is 0 Å². The van der Waals surface area contributed by atoms with Crippen molar-refractivity contribution >= 4 is 17.7 Å². The monoisotopic (exact) mass is 373 g/mol. The van der Waals surface area contributed by atoms with Crippen LogP contribution in [0.1, 0.15) is 38.3 Å². The molecule has 3 atom stereocenters. The van der Waals surface area contributed by atoms with Gasteiger partial charge < -0.3 is 4.90 Å². The summed E-state index contributed by atoms with van der Waals surface area (Å²) in [6.07, 6.45) is 1.19. The first-order valence-corrected chi connectivity index (χ1v) is 10.0. The molecule has 7 heteroatoms. The molecule has 0 aliphatic carbocycles. The number of nitrogens with zero attached hydrogens (tertiary/aromatic N) is 5. The van der Waals surface area contributed by atoms with Gasteiger partial charge in [-0.05, 0) is 72.7 Å². The van der Waals surface area contributed by atoms with Crippen LogP contribution in [0.5, 0.6) is 0 Å². The second kappa shape index (κ2) is 7.78. The van der Waals surface area contributed by atoms with E-state index in [1.807, 2.05) is 17.9 Å². The number of thioether (sulfide) groups is 1. The highest BCUT2D eigenvalue weighted by Gasteiger charge is 2.29. The second-order valence-electron chi connectivity index (χ2n) is 7.59. The lowest BCUT2D eigenvalue weighted by Gasteiger charge is -2.36. The van der Waals surface area contributed by atoms with Gasteiger partial charge in [0, 0.05) is 13.1 Å². The molecule has 140 valence electrons. The van der Waals surface area contributed by atoms with Crippen molar-refractivity contribution in [3.05, 3.63) is 29.3 Å². The molecule has 6 nitrogen and oxygen atoms in total. The Hall–Kier alpha value is -1.89. The Kier molecular flexibility index (Phi) is 5.65. The van der Waals surface area contributed by atoms with Crippen molar-refractivity contribution in [1.82, 2.24) is 25.1 Å². The fourth-order valence-corrected chi connectivity index (χ4v) is 4.47. The lowest BCUT2D eigenvalue weighted by atomic mass is 9.92. The maximum atomic E-state index is 12.9. The Morgan fingerprint density at radius 2 is 1.88 bits per heavy atom. The van der Waals surface area contributed by atoms with E-state index in [9.17, 15) is 4.79 Å². The van der Waals surface area contributed by atoms with Crippen LogP contribution in [0, 0.1) is 25.7 Å². The predicted octanol–water partition coefficient (Wildman–Crippen LogP) is 3.26. The van der Waals surface area contributed by atoms with Crippen molar-refractivity contribution in [1.29, 1.82) is 0 Å². The minimum atomic E-state index is -0.219. The number of benzene rings is 1. The van der Waals surface area contributed by atoms with E-state index in [1.165, 1.54) is 29.3 Å². The number of likely N-dealkylation sites (tertiary alicyclic amines) is 1. The van der Waals surface area contributed by atoms with E-state index in [-0.39, 0.29) is 11.2 Å². The lowest BCUT2D eigenvalue weighted by molar-refractivity contribution is -0.132. The smallest absolute Gasteiger partial charge is 0.235 e. The van der Waals surface area contributed by atoms with Gasteiger partial charge in [0.2, 0.25) is 11.1 Å². The van der Waals surface area contributed by atoms with Gasteiger partial charge in [-0.3, -0.25) is 4.79 Å². The minimum Gasteiger partial charge on any atom is -0.341 e. The molecule has 26 heavy (non-hydrogen) atoms. The molecule has 1 fully saturated rings. The number of hydrogen-bond acceptors (Lipinski definition) is 5. The summed E-state index contributed by atoms with van der Waals surface area (Å²) in [6, 6.07) is 6.13. The number of aromatic nitrogens is 4. The molecular formula is C19H27N5OS. The van der Waals surface area contributed by atoms with Crippen molar-refractivity contribution in [2.24, 2.45) is 11.8 Å². The Bertz CT molecular complexity index is 780. The average Bonchev–Trinajstić information content (AvgIpc) is 3.03. The summed E-state index contributed by atoms with van der Waals surface area (Å²) in [5.74, 6) is 1.28. The Balaban J connectivity index is 1.74. The van der Waals surface area contributed by atoms with Gasteiger partial charge in [-0.1, -0.05) is 31.7 Å². The maximum absolute atomic E-state index is 12.9. The highest BCUT2D eigenvalue weighted by Crippen LogP contribution is 2.27. The molecule has 0 spiro atoms. The number of carbonyl (C=O) groups excluding carboxylic acids is 1. The maximum Gasteiger partial charge on any atom is 0.235 e. The number of hydrogen-bond donors (Lipinski definition) is 0. The van der Waals surface area contributed by atoms with Crippen molar-refractivity contribution in [2.75, 3.05) is 13.1 Å². The third kappa shape index (κ3) is 4.09. The van der Waals surface area contributed by atoms with Crippen LogP contribution in [0.3, 0.4) is 0 Å². The summed E-state index contributed by atoms with van der Waals surface area (Å²) < 4.78 is 1.71. The second-order valence-corrected chi connectivity index (χ2v) is 8.90. The molecule has 2 heterocycles. The zero-order valence-corrected chi connectivity index (χ0v) is 17.0. The van der Waals surface area contributed by atoms with Crippen LogP contribution >= 0.6 is 11.8 Å². The van der Waals surface area contributed by atoms with Gasteiger partial charge >= 0.3 is 0 Å². The van der Waals surface area contributed by atoms with Crippen LogP contribution in [-0.2, 0) is 4.79 Å². The summed E-state index contributed by atoms with van der Waals surface area (Å²) in [7, 11) is 0. The molecule has 1 aromatic heterocycles. The highest BCUT2D eigenvalue weighted by molar-refractivity contribution is 8.00. The molecule has 1 aliphatic heterocycles. The molecule has 0 N–H and O–H groups in total. The molecule has 0 saturated carbocycles. The van der Waals surface area contributed by atoms with E-state index in [1.54, 1.807) is 4.68 Å². The SMILES string of the molecule is Cc1ccc(-n2nnnc2S[C@@H](C)C(=O)N2C[C@H](C)C[C@H](C)C2)cc1C. The number of aryl methyl sites for hydroxylation is 2. The minimum absolute atomic E-state index is 0.169. The molecular weight excluding hydrogens is 346 g/mol. The van der Waals surface area contributed by atoms with Crippen LogP contribution in [0.15, 0.2) is 23.4 Å². The predicted molar refractivity (Wildman–Crippen MR) is 103 cm³/mol. The Morgan fingerprint density at radius 1 is 1.19 bits per heavy atom. The van der Waals surface area contributed by atoms with E-state index >= 15 is 0 Å². The van der Waals surface area contributed by atoms with Crippen LogP contribution in [0.25, 0.3) is 5.69 Å². The van der Waals surface area contributed by atoms with E-state index in [2.05, 4.69) is 55.4 Å². The fraction of sp³-hybridized carbons (Fsp3) is 0.579. The summed E-state index contributed by atoms with van der Waals surface area (Å²) in [5, 5.41) is 12.5. The summed E-state index contributed by atoms with van der Waals surface area (Å²) >= 11 is 1.42. The number of rotatable bonds is 4. The van der Waals surface area contributed by atoms with Crippen molar-refractivity contribution in [2.45, 2.75) is 51.4 Å². The average molecular weight is 374 g/mol. The van der Waals surface area contributed by atoms with Gasteiger partial charge in [0.15, 0.2) is 0 Å². The molecule has 2 aromatic rings. The van der Waals surface area contributed by atoms with E-state index in [0.717, 1.165) is 18.8 Å². The number of tetrazole rings is 1. The van der Waals surface area contributed by atoms with Gasteiger partial charge in [0.1, 0.15) is 0 Å². The zero-order chi connectivity index (χ0) is 18.8. The van der Waals surface area contributed by atoms with Crippen LogP contribution in [0.4, 0.5) is 0 Å². The van der Waals surface area contributed by atoms with E-state index in [0.29, 0.717) is 17.0 Å². The van der Waals surface area contributed by atoms with Gasteiger partial charge in [-0.25, -0.2) is 0 Å². The third-order valence-corrected chi connectivity index (χ3v) is 6.01. The topological polar surface area (TPSA) is 63.9 Å². The molecule has 0 radical (unpaired) electrons. The van der Waals surface area contributed by atoms with Crippen molar-refractivity contribution in [3.63, 3.8) is 0 Å². The van der Waals surface area contributed by atoms with Gasteiger partial charge in [-0.15, -0.1) is 5.10 Å². The Labute approximate surface area is 159 Å². The Morgan fingerprint density at radius 3 is 2.54 bits per heavy atom. The molecule has 0 unspecified atom stereocenters. The fourth-order valence-electron chi connectivity index (χ4n) is 3.58. The lowest BCUT2D eigenvalue weighted by Crippen LogP contribution is -2.45. The molecule has 1 aliphatic rings. The van der Waals surface area contributed by atoms with Crippen LogP contribution < -0.4 is 0 Å². The first kappa shape index (κ1) is 18.9. The zero-order valence-electron chi connectivity index (χ0n) is 16.1. The number of amides is 1. The molecule has 0 bridgehead atoms. The largest absolute Gasteiger partial charge is 0.341 e. The first-order valence-electron chi connectivity index (χ1n) is 9.16. The summed E-state index contributed by atoms with van der Waals surface area (Å²) in [5.41, 5.74) is 3.34. The molecule has 1 saturated heterocycles. The molecule has 1 aromatic carbocycles. The first-order chi connectivity index (χ1) is 12.3. The van der Waals surface area contributed by atoms with Gasteiger partial charge in [0.05, 0.1) is 10.9 Å². The standard InChI is InChI=1S/C19H27N5OS/c1-12-8-13(2)11-23(10-12)18(25)16(5)26-19-20-21-22-24(19)17-7-6-14(3)15(4)9-17/h6-7,9,12-13,16H,8,10-11H2,1-5H3/t12-,13+,16-/m0/s1. The number of carbonyl (C=O) groups is 1. The summed E-state index contributed by atoms with van der Waals surface area (Å²) in [4.78, 5) is 14.9. The van der Waals surface area contributed by atoms with Crippen molar-refractivity contribution < 1.29 is 4.79 Å². The highest BCUT2D eigenvalue weighted by atomic mass is 32.2. The molecule has 3 rings (SSSR count). The quantitative estimate of drug-likeness (QED) is 0.770. The van der Waals surface area contributed by atoms with Crippen LogP contribution in [0.2, 0.25) is 0 Å². The van der Waals surface area contributed by atoms with Gasteiger partial charge in [0.25, 0.3) is 0 Å². The van der Waals surface area contributed by atoms with Gasteiger partial charge in [-0.2, -0.15) is 4.68 Å². The number of piperidine rings is 1. The summed E-state index contributed by atoms with van der Waals surface area (Å²) in [6.45, 7) is 12.2. The third-order valence-electron chi connectivity index (χ3n) is 4.99. The van der Waals surface area contributed by atoms with Crippen LogP contribution in [-0.4, -0.2) is 49.4 Å².